The normalized spacial score (nSPS) is 15.4. The molecule has 0 spiro atoms. The summed E-state index contributed by atoms with van der Waals surface area (Å²) in [7, 11) is 1.71. The lowest BCUT2D eigenvalue weighted by molar-refractivity contribution is 0.179. The highest BCUT2D eigenvalue weighted by atomic mass is 16.5. The van der Waals surface area contributed by atoms with Crippen molar-refractivity contribution in [2.45, 2.75) is 46.7 Å². The maximum absolute atomic E-state index is 5.13. The highest BCUT2D eigenvalue weighted by Gasteiger charge is 2.10. The van der Waals surface area contributed by atoms with E-state index in [0.717, 1.165) is 32.1 Å². The van der Waals surface area contributed by atoms with Crippen LogP contribution in [0.25, 0.3) is 0 Å². The molecule has 0 aliphatic carbocycles. The van der Waals surface area contributed by atoms with Gasteiger partial charge < -0.3 is 15.4 Å². The predicted molar refractivity (Wildman–Crippen MR) is 82.8 cm³/mol. The van der Waals surface area contributed by atoms with Crippen LogP contribution in [0.4, 0.5) is 0 Å². The quantitative estimate of drug-likeness (QED) is 0.491. The van der Waals surface area contributed by atoms with Gasteiger partial charge >= 0.3 is 0 Å². The third kappa shape index (κ3) is 8.06. The molecule has 0 aromatic rings. The molecule has 0 aromatic carbocycles. The summed E-state index contributed by atoms with van der Waals surface area (Å²) < 4.78 is 5.13. The van der Waals surface area contributed by atoms with Crippen LogP contribution in [0.5, 0.6) is 0 Å². The van der Waals surface area contributed by atoms with E-state index in [4.69, 9.17) is 4.74 Å². The molecule has 114 valence electrons. The Labute approximate surface area is 118 Å². The van der Waals surface area contributed by atoms with Gasteiger partial charge in [0.1, 0.15) is 0 Å². The second-order valence-corrected chi connectivity index (χ2v) is 4.79. The molecule has 0 fully saturated rings. The monoisotopic (exact) mass is 272 g/mol. The van der Waals surface area contributed by atoms with Gasteiger partial charge in [-0.05, 0) is 33.9 Å². The molecule has 0 amide bonds. The zero-order chi connectivity index (χ0) is 14.7. The van der Waals surface area contributed by atoms with Gasteiger partial charge in [0.05, 0.1) is 13.2 Å². The molecular formula is C14H32N4O. The molecule has 0 aliphatic rings. The van der Waals surface area contributed by atoms with E-state index in [1.807, 2.05) is 0 Å². The van der Waals surface area contributed by atoms with Gasteiger partial charge in [0.2, 0.25) is 0 Å². The number of aliphatic imine (C=N–C) groups is 1. The molecule has 5 heteroatoms. The lowest BCUT2D eigenvalue weighted by Crippen LogP contribution is -2.45. The molecule has 2 unspecified atom stereocenters. The minimum Gasteiger partial charge on any atom is -0.383 e. The molecule has 0 saturated carbocycles. The molecule has 0 aliphatic heterocycles. The fourth-order valence-electron chi connectivity index (χ4n) is 2.03. The second-order valence-electron chi connectivity index (χ2n) is 4.79. The van der Waals surface area contributed by atoms with Crippen molar-refractivity contribution in [3.63, 3.8) is 0 Å². The van der Waals surface area contributed by atoms with Crippen molar-refractivity contribution in [2.24, 2.45) is 4.99 Å². The van der Waals surface area contributed by atoms with E-state index in [-0.39, 0.29) is 6.04 Å². The molecule has 2 N–H and O–H groups in total. The van der Waals surface area contributed by atoms with Gasteiger partial charge in [0.25, 0.3) is 0 Å². The molecular weight excluding hydrogens is 240 g/mol. The second kappa shape index (κ2) is 11.1. The summed E-state index contributed by atoms with van der Waals surface area (Å²) in [6.07, 6.45) is 0. The third-order valence-electron chi connectivity index (χ3n) is 3.09. The molecule has 5 nitrogen and oxygen atoms in total. The topological polar surface area (TPSA) is 48.9 Å². The van der Waals surface area contributed by atoms with E-state index in [9.17, 15) is 0 Å². The molecule has 0 saturated heterocycles. The Morgan fingerprint density at radius 2 is 1.84 bits per heavy atom. The van der Waals surface area contributed by atoms with Gasteiger partial charge in [-0.1, -0.05) is 13.8 Å². The highest BCUT2D eigenvalue weighted by Crippen LogP contribution is 1.98. The van der Waals surface area contributed by atoms with Crippen LogP contribution in [-0.4, -0.2) is 62.8 Å². The summed E-state index contributed by atoms with van der Waals surface area (Å²) in [5, 5.41) is 6.61. The zero-order valence-electron chi connectivity index (χ0n) is 13.5. The van der Waals surface area contributed by atoms with Crippen molar-refractivity contribution in [2.75, 3.05) is 39.9 Å². The minimum atomic E-state index is 0.256. The fourth-order valence-corrected chi connectivity index (χ4v) is 2.03. The molecule has 19 heavy (non-hydrogen) atoms. The Balaban J connectivity index is 4.39. The van der Waals surface area contributed by atoms with Gasteiger partial charge in [0.15, 0.2) is 5.96 Å². The number of nitrogens with one attached hydrogen (secondary N) is 2. The van der Waals surface area contributed by atoms with Crippen molar-refractivity contribution in [3.8, 4) is 0 Å². The lowest BCUT2D eigenvalue weighted by Gasteiger charge is -2.25. The van der Waals surface area contributed by atoms with Crippen LogP contribution in [-0.2, 0) is 4.74 Å². The third-order valence-corrected chi connectivity index (χ3v) is 3.09. The van der Waals surface area contributed by atoms with E-state index in [0.29, 0.717) is 12.6 Å². The SMILES string of the molecule is CCNC(=NCC(C)N(CC)CC)NC(C)COC. The average Bonchev–Trinajstić information content (AvgIpc) is 2.38. The fraction of sp³-hybridized carbons (Fsp3) is 0.929. The Hall–Kier alpha value is -0.810. The number of likely N-dealkylation sites (N-methyl/N-ethyl adjacent to an activating group) is 1. The van der Waals surface area contributed by atoms with Gasteiger partial charge in [-0.25, -0.2) is 0 Å². The minimum absolute atomic E-state index is 0.256. The van der Waals surface area contributed by atoms with Crippen LogP contribution in [0.15, 0.2) is 4.99 Å². The van der Waals surface area contributed by atoms with Crippen LogP contribution in [0.3, 0.4) is 0 Å². The van der Waals surface area contributed by atoms with Gasteiger partial charge in [-0.3, -0.25) is 9.89 Å². The maximum atomic E-state index is 5.13. The molecule has 0 bridgehead atoms. The zero-order valence-corrected chi connectivity index (χ0v) is 13.5. The summed E-state index contributed by atoms with van der Waals surface area (Å²) >= 11 is 0. The smallest absolute Gasteiger partial charge is 0.191 e. The Kier molecular flexibility index (Phi) is 10.6. The van der Waals surface area contributed by atoms with Crippen molar-refractivity contribution >= 4 is 5.96 Å². The molecule has 0 aromatic heterocycles. The number of hydrogen-bond donors (Lipinski definition) is 2. The first-order valence-electron chi connectivity index (χ1n) is 7.36. The van der Waals surface area contributed by atoms with Crippen molar-refractivity contribution in [1.82, 2.24) is 15.5 Å². The van der Waals surface area contributed by atoms with E-state index in [2.05, 4.69) is 55.1 Å². The highest BCUT2D eigenvalue weighted by molar-refractivity contribution is 5.80. The van der Waals surface area contributed by atoms with Crippen LogP contribution in [0, 0.1) is 0 Å². The van der Waals surface area contributed by atoms with Crippen LogP contribution in [0.1, 0.15) is 34.6 Å². The Bertz CT molecular complexity index is 242. The molecule has 0 heterocycles. The largest absolute Gasteiger partial charge is 0.383 e. The number of guanidine groups is 1. The predicted octanol–water partition coefficient (Wildman–Crippen LogP) is 1.31. The Morgan fingerprint density at radius 1 is 1.21 bits per heavy atom. The number of hydrogen-bond acceptors (Lipinski definition) is 3. The standard InChI is InChI=1S/C14H32N4O/c1-7-15-14(17-12(4)11-19-6)16-10-13(5)18(8-2)9-3/h12-13H,7-11H2,1-6H3,(H2,15,16,17). The van der Waals surface area contributed by atoms with E-state index in [1.54, 1.807) is 7.11 Å². The molecule has 0 radical (unpaired) electrons. The number of methoxy groups -OCH3 is 1. The average molecular weight is 272 g/mol. The first kappa shape index (κ1) is 18.2. The van der Waals surface area contributed by atoms with E-state index >= 15 is 0 Å². The summed E-state index contributed by atoms with van der Waals surface area (Å²) in [4.78, 5) is 7.06. The van der Waals surface area contributed by atoms with Gasteiger partial charge in [0, 0.05) is 25.7 Å². The van der Waals surface area contributed by atoms with Gasteiger partial charge in [-0.15, -0.1) is 0 Å². The van der Waals surface area contributed by atoms with Gasteiger partial charge in [-0.2, -0.15) is 0 Å². The maximum Gasteiger partial charge on any atom is 0.191 e. The summed E-state index contributed by atoms with van der Waals surface area (Å²) in [6, 6.07) is 0.717. The summed E-state index contributed by atoms with van der Waals surface area (Å²) in [6.45, 7) is 15.2. The van der Waals surface area contributed by atoms with Crippen molar-refractivity contribution in [3.05, 3.63) is 0 Å². The number of ether oxygens (including phenoxy) is 1. The van der Waals surface area contributed by atoms with Crippen molar-refractivity contribution < 1.29 is 4.74 Å². The summed E-state index contributed by atoms with van der Waals surface area (Å²) in [5.41, 5.74) is 0. The van der Waals surface area contributed by atoms with Crippen molar-refractivity contribution in [1.29, 1.82) is 0 Å². The summed E-state index contributed by atoms with van der Waals surface area (Å²) in [5.74, 6) is 0.867. The van der Waals surface area contributed by atoms with E-state index < -0.39 is 0 Å². The Morgan fingerprint density at radius 3 is 2.32 bits per heavy atom. The molecule has 0 rings (SSSR count). The first-order valence-corrected chi connectivity index (χ1v) is 7.36. The van der Waals surface area contributed by atoms with Crippen LogP contribution >= 0.6 is 0 Å². The van der Waals surface area contributed by atoms with Crippen LogP contribution < -0.4 is 10.6 Å². The van der Waals surface area contributed by atoms with Crippen LogP contribution in [0.2, 0.25) is 0 Å². The van der Waals surface area contributed by atoms with E-state index in [1.165, 1.54) is 0 Å². The molecule has 2 atom stereocenters. The lowest BCUT2D eigenvalue weighted by atomic mass is 10.3. The first-order chi connectivity index (χ1) is 9.08. The number of nitrogens with zero attached hydrogens (tertiary/aromatic N) is 2. The number of rotatable bonds is 9.